The van der Waals surface area contributed by atoms with Crippen LogP contribution in [0, 0.1) is 5.82 Å². The Kier molecular flexibility index (Phi) is 8.53. The van der Waals surface area contributed by atoms with Crippen LogP contribution in [0.2, 0.25) is 0 Å². The van der Waals surface area contributed by atoms with Gasteiger partial charge in [0, 0.05) is 23.3 Å². The zero-order chi connectivity index (χ0) is 16.2. The summed E-state index contributed by atoms with van der Waals surface area (Å²) in [5.41, 5.74) is -0.298. The van der Waals surface area contributed by atoms with Crippen molar-refractivity contribution in [3.63, 3.8) is 0 Å². The molecule has 0 saturated carbocycles. The molecule has 0 aliphatic heterocycles. The van der Waals surface area contributed by atoms with Crippen molar-refractivity contribution in [2.45, 2.75) is 24.8 Å². The molecule has 0 unspecified atom stereocenters. The van der Waals surface area contributed by atoms with Gasteiger partial charge in [0.15, 0.2) is 15.7 Å². The van der Waals surface area contributed by atoms with E-state index in [0.29, 0.717) is 11.0 Å². The van der Waals surface area contributed by atoms with Crippen molar-refractivity contribution in [3.8, 4) is 0 Å². The molecule has 0 aromatic heterocycles. The fourth-order valence-corrected chi connectivity index (χ4v) is 3.15. The largest absolute Gasteiger partial charge is 0.350 e. The molecule has 0 saturated heterocycles. The van der Waals surface area contributed by atoms with Crippen molar-refractivity contribution in [1.29, 1.82) is 0 Å². The second kappa shape index (κ2) is 8.81. The highest BCUT2D eigenvalue weighted by Gasteiger charge is 2.22. The molecule has 1 atom stereocenters. The number of sulfone groups is 1. The number of nitrogens with one attached hydrogen (secondary N) is 2. The van der Waals surface area contributed by atoms with Crippen molar-refractivity contribution in [3.05, 3.63) is 28.0 Å². The number of amides is 1. The minimum Gasteiger partial charge on any atom is -0.350 e. The Labute approximate surface area is 144 Å². The van der Waals surface area contributed by atoms with Gasteiger partial charge in [0.1, 0.15) is 4.90 Å². The summed E-state index contributed by atoms with van der Waals surface area (Å²) in [6.07, 6.45) is 0.896. The van der Waals surface area contributed by atoms with E-state index in [1.807, 2.05) is 13.8 Å². The van der Waals surface area contributed by atoms with Crippen LogP contribution in [0.3, 0.4) is 0 Å². The van der Waals surface area contributed by atoms with Crippen LogP contribution in [0.5, 0.6) is 0 Å². The van der Waals surface area contributed by atoms with E-state index < -0.39 is 26.5 Å². The molecule has 22 heavy (non-hydrogen) atoms. The monoisotopic (exact) mass is 416 g/mol. The molecule has 0 aliphatic rings. The Bertz CT molecular complexity index is 640. The number of benzene rings is 1. The fraction of sp³-hybridized carbons (Fsp3) is 0.462. The third-order valence-corrected chi connectivity index (χ3v) is 4.32. The normalized spacial score (nSPS) is 12.4. The van der Waals surface area contributed by atoms with Gasteiger partial charge in [0.25, 0.3) is 5.91 Å². The van der Waals surface area contributed by atoms with Crippen molar-refractivity contribution < 1.29 is 17.6 Å². The topological polar surface area (TPSA) is 75.3 Å². The molecule has 9 heteroatoms. The van der Waals surface area contributed by atoms with E-state index >= 15 is 0 Å². The van der Waals surface area contributed by atoms with Crippen LogP contribution < -0.4 is 10.6 Å². The smallest absolute Gasteiger partial charge is 0.254 e. The highest BCUT2D eigenvalue weighted by molar-refractivity contribution is 9.10. The lowest BCUT2D eigenvalue weighted by Gasteiger charge is -2.14. The van der Waals surface area contributed by atoms with E-state index in [1.54, 1.807) is 0 Å². The molecule has 126 valence electrons. The zero-order valence-corrected chi connectivity index (χ0v) is 15.7. The van der Waals surface area contributed by atoms with Gasteiger partial charge in [-0.05, 0) is 25.6 Å². The van der Waals surface area contributed by atoms with Crippen LogP contribution in [0.1, 0.15) is 24.2 Å². The molecule has 0 aliphatic carbocycles. The molecule has 2 N–H and O–H groups in total. The summed E-state index contributed by atoms with van der Waals surface area (Å²) in [4.78, 5) is 11.5. The first kappa shape index (κ1) is 21.3. The minimum atomic E-state index is -3.75. The van der Waals surface area contributed by atoms with Crippen LogP contribution in [-0.2, 0) is 9.84 Å². The maximum absolute atomic E-state index is 14.2. The fourth-order valence-electron chi connectivity index (χ4n) is 1.76. The molecule has 0 fully saturated rings. The maximum atomic E-state index is 14.2. The second-order valence-electron chi connectivity index (χ2n) is 4.71. The highest BCUT2D eigenvalue weighted by atomic mass is 79.9. The Balaban J connectivity index is 0.00000441. The van der Waals surface area contributed by atoms with Gasteiger partial charge in [-0.1, -0.05) is 22.9 Å². The van der Waals surface area contributed by atoms with Gasteiger partial charge in [-0.2, -0.15) is 0 Å². The number of halogens is 3. The van der Waals surface area contributed by atoms with Crippen LogP contribution in [0.15, 0.2) is 21.5 Å². The van der Waals surface area contributed by atoms with Crippen molar-refractivity contribution >= 4 is 44.1 Å². The second-order valence-corrected chi connectivity index (χ2v) is 7.61. The number of hydrogen-bond acceptors (Lipinski definition) is 4. The minimum absolute atomic E-state index is 0. The Hall–Kier alpha value is -0.700. The lowest BCUT2D eigenvalue weighted by atomic mass is 10.2. The Morgan fingerprint density at radius 1 is 1.41 bits per heavy atom. The van der Waals surface area contributed by atoms with Gasteiger partial charge in [0.2, 0.25) is 0 Å². The van der Waals surface area contributed by atoms with Crippen molar-refractivity contribution in [2.24, 2.45) is 0 Å². The molecular formula is C13H19BrClFN2O3S. The highest BCUT2D eigenvalue weighted by Crippen LogP contribution is 2.24. The summed E-state index contributed by atoms with van der Waals surface area (Å²) in [7, 11) is -3.75. The van der Waals surface area contributed by atoms with Crippen molar-refractivity contribution in [2.75, 3.05) is 19.3 Å². The van der Waals surface area contributed by atoms with E-state index in [9.17, 15) is 17.6 Å². The van der Waals surface area contributed by atoms with Crippen LogP contribution in [-0.4, -0.2) is 39.7 Å². The molecule has 0 radical (unpaired) electrons. The van der Waals surface area contributed by atoms with Gasteiger partial charge < -0.3 is 10.6 Å². The lowest BCUT2D eigenvalue weighted by molar-refractivity contribution is 0.0945. The molecule has 1 amide bonds. The SMILES string of the molecule is CCN[C@H](C)CNC(=O)c1cc(Br)cc(S(C)(=O)=O)c1F.Cl. The summed E-state index contributed by atoms with van der Waals surface area (Å²) in [5, 5.41) is 5.67. The summed E-state index contributed by atoms with van der Waals surface area (Å²) < 4.78 is 37.6. The number of carbonyl (C=O) groups is 1. The number of carbonyl (C=O) groups excluding carboxylic acids is 1. The third kappa shape index (κ3) is 5.83. The third-order valence-electron chi connectivity index (χ3n) is 2.77. The zero-order valence-electron chi connectivity index (χ0n) is 12.4. The van der Waals surface area contributed by atoms with Crippen molar-refractivity contribution in [1.82, 2.24) is 10.6 Å². The number of hydrogen-bond donors (Lipinski definition) is 2. The van der Waals surface area contributed by atoms with Crippen LogP contribution >= 0.6 is 28.3 Å². The van der Waals surface area contributed by atoms with E-state index in [4.69, 9.17) is 0 Å². The first-order valence-electron chi connectivity index (χ1n) is 6.37. The lowest BCUT2D eigenvalue weighted by Crippen LogP contribution is -2.39. The van der Waals surface area contributed by atoms with Crippen LogP contribution in [0.25, 0.3) is 0 Å². The summed E-state index contributed by atoms with van der Waals surface area (Å²) >= 11 is 3.09. The predicted octanol–water partition coefficient (Wildman–Crippen LogP) is 2.14. The quantitative estimate of drug-likeness (QED) is 0.743. The molecule has 1 aromatic rings. The van der Waals surface area contributed by atoms with Crippen LogP contribution in [0.4, 0.5) is 4.39 Å². The average Bonchev–Trinajstić information content (AvgIpc) is 2.37. The molecule has 5 nitrogen and oxygen atoms in total. The summed E-state index contributed by atoms with van der Waals surface area (Å²) in [6, 6.07) is 2.43. The maximum Gasteiger partial charge on any atom is 0.254 e. The van der Waals surface area contributed by atoms with E-state index in [-0.39, 0.29) is 24.0 Å². The van der Waals surface area contributed by atoms with Gasteiger partial charge >= 0.3 is 0 Å². The molecule has 0 heterocycles. The Morgan fingerprint density at radius 3 is 2.50 bits per heavy atom. The van der Waals surface area contributed by atoms with Gasteiger partial charge in [-0.25, -0.2) is 12.8 Å². The first-order chi connectivity index (χ1) is 9.66. The summed E-state index contributed by atoms with van der Waals surface area (Å²) in [5.74, 6) is -1.68. The first-order valence-corrected chi connectivity index (χ1v) is 9.06. The van der Waals surface area contributed by atoms with E-state index in [1.165, 1.54) is 6.07 Å². The Morgan fingerprint density at radius 2 is 2.00 bits per heavy atom. The van der Waals surface area contributed by atoms with Gasteiger partial charge in [-0.3, -0.25) is 4.79 Å². The number of likely N-dealkylation sites (N-methyl/N-ethyl adjacent to an activating group) is 1. The van der Waals surface area contributed by atoms with Gasteiger partial charge in [-0.15, -0.1) is 12.4 Å². The predicted molar refractivity (Wildman–Crippen MR) is 89.9 cm³/mol. The van der Waals surface area contributed by atoms with Gasteiger partial charge in [0.05, 0.1) is 5.56 Å². The standard InChI is InChI=1S/C13H18BrFN2O3S.ClH/c1-4-16-8(2)7-17-13(18)10-5-9(14)6-11(12(10)15)21(3,19)20;/h5-6,8,16H,4,7H2,1-3H3,(H,17,18);1H/t8-;/m1./s1. The number of rotatable bonds is 6. The summed E-state index contributed by atoms with van der Waals surface area (Å²) in [6.45, 7) is 4.88. The van der Waals surface area contributed by atoms with E-state index in [2.05, 4.69) is 26.6 Å². The molecule has 1 rings (SSSR count). The molecular weight excluding hydrogens is 399 g/mol. The molecule has 0 bridgehead atoms. The molecule has 1 aromatic carbocycles. The van der Waals surface area contributed by atoms with E-state index in [0.717, 1.165) is 18.9 Å². The average molecular weight is 418 g/mol. The molecule has 0 spiro atoms.